The zero-order valence-corrected chi connectivity index (χ0v) is 45.9. The van der Waals surface area contributed by atoms with Crippen molar-refractivity contribution in [2.45, 2.75) is 131 Å². The Morgan fingerprint density at radius 3 is 1.93 bits per heavy atom. The summed E-state index contributed by atoms with van der Waals surface area (Å²) in [6.45, 7) is 20.7. The van der Waals surface area contributed by atoms with Crippen molar-refractivity contribution < 1.29 is 36.2 Å². The van der Waals surface area contributed by atoms with Crippen LogP contribution in [0.2, 0.25) is 0 Å². The smallest absolute Gasteiger partial charge is 0.312 e. The number of aromatic nitrogens is 3. The second kappa shape index (κ2) is 19.5. The largest absolute Gasteiger partial charge is 1.00 e. The first-order valence-electron chi connectivity index (χ1n) is 27.0. The third kappa shape index (κ3) is 8.21. The Balaban J connectivity index is 0.00000596. The summed E-state index contributed by atoms with van der Waals surface area (Å²) in [7, 11) is 0. The van der Waals surface area contributed by atoms with Gasteiger partial charge in [-0.25, -0.2) is 4.57 Å². The summed E-state index contributed by atoms with van der Waals surface area (Å²) >= 11 is 1.26. The molecular formula is C63H75BrN4O3S. The van der Waals surface area contributed by atoms with Crippen LogP contribution in [0.4, 0.5) is 17.1 Å². The maximum atomic E-state index is 14.7. The van der Waals surface area contributed by atoms with Crippen molar-refractivity contribution in [1.29, 1.82) is 0 Å². The minimum atomic E-state index is -0.409. The van der Waals surface area contributed by atoms with Gasteiger partial charge in [0.1, 0.15) is 17.6 Å². The molecule has 5 aliphatic carbocycles. The number of aliphatic hydroxyl groups is 1. The first kappa shape index (κ1) is 50.8. The highest BCUT2D eigenvalue weighted by molar-refractivity contribution is 7.00. The van der Waals surface area contributed by atoms with E-state index < -0.39 is 5.41 Å². The Hall–Kier alpha value is -4.70. The highest BCUT2D eigenvalue weighted by Gasteiger charge is 2.72. The van der Waals surface area contributed by atoms with Crippen molar-refractivity contribution in [2.75, 3.05) is 11.5 Å². The molecule has 4 aromatic carbocycles. The van der Waals surface area contributed by atoms with Crippen molar-refractivity contribution in [3.05, 3.63) is 134 Å². The molecule has 1 N–H and O–H groups in total. The molecule has 5 saturated carbocycles. The molecule has 5 fully saturated rings. The van der Waals surface area contributed by atoms with E-state index in [2.05, 4.69) is 179 Å². The van der Waals surface area contributed by atoms with Gasteiger partial charge in [0, 0.05) is 46.7 Å². The van der Waals surface area contributed by atoms with Gasteiger partial charge in [-0.05, 0) is 176 Å². The van der Waals surface area contributed by atoms with Gasteiger partial charge >= 0.3 is 5.97 Å². The minimum Gasteiger partial charge on any atom is -1.00 e. The number of esters is 1. The summed E-state index contributed by atoms with van der Waals surface area (Å²) in [4.78, 5) is 17.0. The van der Waals surface area contributed by atoms with Crippen LogP contribution < -0.4 is 26.4 Å². The predicted octanol–water partition coefficient (Wildman–Crippen LogP) is 12.1. The second-order valence-electron chi connectivity index (χ2n) is 24.1. The lowest BCUT2D eigenvalue weighted by Gasteiger charge is -2.72. The number of hydrogen-bond donors (Lipinski definition) is 1. The molecule has 0 saturated heterocycles. The molecule has 5 aliphatic rings. The van der Waals surface area contributed by atoms with Gasteiger partial charge in [0.2, 0.25) is 0 Å². The van der Waals surface area contributed by atoms with E-state index in [9.17, 15) is 9.90 Å². The van der Waals surface area contributed by atoms with Crippen LogP contribution in [-0.2, 0) is 16.1 Å². The van der Waals surface area contributed by atoms with E-state index in [1.54, 1.807) is 0 Å². The number of carbonyl (C=O) groups is 1. The summed E-state index contributed by atoms with van der Waals surface area (Å²) in [5.41, 5.74) is 10.9. The van der Waals surface area contributed by atoms with E-state index in [0.717, 1.165) is 108 Å². The molecule has 11 rings (SSSR count). The molecule has 0 spiro atoms. The number of allylic oxidation sites excluding steroid dienone is 1. The summed E-state index contributed by atoms with van der Waals surface area (Å²) in [6.07, 6.45) is 16.8. The van der Waals surface area contributed by atoms with Crippen LogP contribution >= 0.6 is 11.7 Å². The summed E-state index contributed by atoms with van der Waals surface area (Å²) < 4.78 is 18.3. The first-order chi connectivity index (χ1) is 34.2. The molecule has 2 aromatic heterocycles. The van der Waals surface area contributed by atoms with Gasteiger partial charge in [-0.3, -0.25) is 4.79 Å². The molecular weight excluding hydrogens is 973 g/mol. The summed E-state index contributed by atoms with van der Waals surface area (Å²) in [5.74, 6) is 2.43. The minimum absolute atomic E-state index is 0. The van der Waals surface area contributed by atoms with E-state index in [-0.39, 0.29) is 50.7 Å². The van der Waals surface area contributed by atoms with Crippen molar-refractivity contribution in [3.8, 4) is 22.3 Å². The SMILES string of the molecule is C=C(C)[C@@H]1CC[C@]2(C(=O)OCCCC[n+]3ccc(-c4ccc(-c5ccc(N(c6ccccc6)c6ccccc6)cc5)c5nsnc45)cc3)CC[C@]3(C)[C@H](CC[C@@H]4[C@@]5(C)CC[C@H](O)C(C)(C)[C@@H]5CC[C@]43C)[C@@H]12.[Br-]. The summed E-state index contributed by atoms with van der Waals surface area (Å²) in [5, 5.41) is 11.2. The lowest BCUT2D eigenvalue weighted by molar-refractivity contribution is -0.697. The molecule has 0 aliphatic heterocycles. The van der Waals surface area contributed by atoms with Gasteiger partial charge < -0.3 is 31.7 Å². The fraction of sp³-hybridized carbons (Fsp3) is 0.492. The topological polar surface area (TPSA) is 79.4 Å². The fourth-order valence-corrected chi connectivity index (χ4v) is 17.3. The zero-order valence-electron chi connectivity index (χ0n) is 43.5. The number of ether oxygens (including phenoxy) is 1. The molecule has 378 valence electrons. The number of rotatable bonds is 12. The maximum absolute atomic E-state index is 14.7. The Labute approximate surface area is 443 Å². The molecule has 10 atom stereocenters. The average Bonchev–Trinajstić information content (AvgIpc) is 4.04. The van der Waals surface area contributed by atoms with Gasteiger partial charge in [0.15, 0.2) is 12.4 Å². The van der Waals surface area contributed by atoms with Crippen LogP contribution in [0.5, 0.6) is 0 Å². The quantitative estimate of drug-likeness (QED) is 0.0569. The molecule has 72 heavy (non-hydrogen) atoms. The molecule has 0 amide bonds. The number of pyridine rings is 1. The number of aryl methyl sites for hydroxylation is 1. The fourth-order valence-electron chi connectivity index (χ4n) is 16.7. The Bertz CT molecular complexity index is 2870. The number of hydrogen-bond acceptors (Lipinski definition) is 7. The first-order valence-corrected chi connectivity index (χ1v) is 27.7. The number of para-hydroxylation sites is 2. The average molecular weight is 1050 g/mol. The number of benzene rings is 4. The molecule has 0 radical (unpaired) electrons. The second-order valence-corrected chi connectivity index (χ2v) is 24.6. The van der Waals surface area contributed by atoms with E-state index in [0.29, 0.717) is 36.2 Å². The molecule has 0 unspecified atom stereocenters. The van der Waals surface area contributed by atoms with Crippen molar-refractivity contribution >= 4 is 45.8 Å². The lowest BCUT2D eigenvalue weighted by atomic mass is 9.32. The van der Waals surface area contributed by atoms with Crippen LogP contribution in [-0.4, -0.2) is 32.5 Å². The maximum Gasteiger partial charge on any atom is 0.312 e. The van der Waals surface area contributed by atoms with Gasteiger partial charge in [-0.15, -0.1) is 0 Å². The molecule has 2 heterocycles. The van der Waals surface area contributed by atoms with Crippen molar-refractivity contribution in [1.82, 2.24) is 8.75 Å². The predicted molar refractivity (Wildman–Crippen MR) is 288 cm³/mol. The zero-order chi connectivity index (χ0) is 49.3. The van der Waals surface area contributed by atoms with Gasteiger partial charge in [0.25, 0.3) is 0 Å². The van der Waals surface area contributed by atoms with Crippen LogP contribution in [0.3, 0.4) is 0 Å². The van der Waals surface area contributed by atoms with E-state index in [1.165, 1.54) is 43.0 Å². The number of anilines is 3. The number of carbonyl (C=O) groups excluding carboxylic acids is 1. The standard InChI is InChI=1S/C63H75N4O3S.BrH/c1-42(2)48-28-35-63(37-36-61(6)51(55(48)63)26-27-53-60(5)33-30-54(68)59(3,4)52(60)29-34-62(53,61)7)58(69)70-41-15-14-38-66-39-31-44(32-40-66)50-25-24-49(56-57(50)65-71-64-56)43-20-22-47(23-21-43)67(45-16-10-8-11-17-45)46-18-12-9-13-19-46;/h8-13,16-25,31-32,39-40,48,51-55,68H,1,14-15,26-30,33-38,41H2,2-7H3;1H/q+1;/p-1/t48-,51+,52-,53+,54-,55+,60-,61+,62+,63-;/m0./s1. The van der Waals surface area contributed by atoms with Gasteiger partial charge in [-0.1, -0.05) is 107 Å². The number of aliphatic hydroxyl groups excluding tert-OH is 1. The number of halogens is 1. The lowest BCUT2D eigenvalue weighted by Crippen LogP contribution is -3.00. The van der Waals surface area contributed by atoms with Crippen LogP contribution in [0, 0.1) is 56.7 Å². The molecule has 7 nitrogen and oxygen atoms in total. The number of unbranched alkanes of at least 4 members (excludes halogenated alkanes) is 1. The Morgan fingerprint density at radius 1 is 0.694 bits per heavy atom. The molecule has 0 bridgehead atoms. The van der Waals surface area contributed by atoms with E-state index in [4.69, 9.17) is 13.5 Å². The normalized spacial score (nSPS) is 31.3. The Morgan fingerprint density at radius 2 is 1.31 bits per heavy atom. The number of nitrogens with zero attached hydrogens (tertiary/aromatic N) is 4. The van der Waals surface area contributed by atoms with Gasteiger partial charge in [-0.2, -0.15) is 8.75 Å². The third-order valence-corrected chi connectivity index (χ3v) is 21.1. The van der Waals surface area contributed by atoms with Crippen molar-refractivity contribution in [3.63, 3.8) is 0 Å². The van der Waals surface area contributed by atoms with Crippen molar-refractivity contribution in [2.24, 2.45) is 56.7 Å². The Kier molecular flexibility index (Phi) is 13.8. The third-order valence-electron chi connectivity index (χ3n) is 20.6. The van der Waals surface area contributed by atoms with Crippen LogP contribution in [0.25, 0.3) is 33.3 Å². The molecule has 9 heteroatoms. The highest BCUT2D eigenvalue weighted by atomic mass is 79.9. The highest BCUT2D eigenvalue weighted by Crippen LogP contribution is 2.77. The van der Waals surface area contributed by atoms with E-state index in [1.807, 2.05) is 0 Å². The monoisotopic (exact) mass is 1050 g/mol. The van der Waals surface area contributed by atoms with Crippen LogP contribution in [0.15, 0.2) is 134 Å². The van der Waals surface area contributed by atoms with Gasteiger partial charge in [0.05, 0.1) is 29.9 Å². The molecule has 6 aromatic rings. The van der Waals surface area contributed by atoms with E-state index >= 15 is 0 Å². The van der Waals surface area contributed by atoms with Crippen LogP contribution in [0.1, 0.15) is 119 Å². The number of fused-ring (bicyclic) bond motifs is 8. The summed E-state index contributed by atoms with van der Waals surface area (Å²) in [6, 6.07) is 38.4.